The van der Waals surface area contributed by atoms with Crippen LogP contribution >= 0.6 is 15.9 Å². The molecule has 0 aromatic heterocycles. The van der Waals surface area contributed by atoms with Crippen LogP contribution in [0.1, 0.15) is 16.7 Å². The molecule has 0 bridgehead atoms. The first-order valence-corrected chi connectivity index (χ1v) is 9.62. The molecule has 4 nitrogen and oxygen atoms in total. The van der Waals surface area contributed by atoms with Crippen LogP contribution in [0.4, 0.5) is 4.39 Å². The van der Waals surface area contributed by atoms with Gasteiger partial charge >= 0.3 is 5.97 Å². The van der Waals surface area contributed by atoms with Gasteiger partial charge in [-0.15, -0.1) is 0 Å². The highest BCUT2D eigenvalue weighted by Crippen LogP contribution is 2.22. The molecule has 0 spiro atoms. The van der Waals surface area contributed by atoms with Crippen molar-refractivity contribution in [1.29, 1.82) is 0 Å². The highest BCUT2D eigenvalue weighted by Gasteiger charge is 2.24. The van der Waals surface area contributed by atoms with E-state index in [1.54, 1.807) is 48.5 Å². The summed E-state index contributed by atoms with van der Waals surface area (Å²) in [6, 6.07) is 20.9. The molecule has 3 aromatic rings. The predicted molar refractivity (Wildman–Crippen MR) is 112 cm³/mol. The summed E-state index contributed by atoms with van der Waals surface area (Å²) in [5, 5.41) is 0. The third kappa shape index (κ3) is 4.60. The molecule has 0 atom stereocenters. The fraction of sp³-hybridized carbons (Fsp3) is 0.0435. The summed E-state index contributed by atoms with van der Waals surface area (Å²) in [6.45, 7) is 0.139. The standard InChI is InChI=1S/C23H15BrFNO3/c24-18-9-7-16(8-10-18)22-26-21(23(27)29-22)13-15-5-11-19(12-6-15)28-14-17-3-1-2-4-20(17)25/h1-13H,14H2/b21-13-. The Kier molecular flexibility index (Phi) is 5.53. The van der Waals surface area contributed by atoms with Gasteiger partial charge in [-0.1, -0.05) is 46.3 Å². The van der Waals surface area contributed by atoms with E-state index >= 15 is 0 Å². The lowest BCUT2D eigenvalue weighted by molar-refractivity contribution is -0.129. The Bertz CT molecular complexity index is 1110. The number of rotatable bonds is 5. The third-order valence-corrected chi connectivity index (χ3v) is 4.78. The highest BCUT2D eigenvalue weighted by atomic mass is 79.9. The number of cyclic esters (lactones) is 1. The van der Waals surface area contributed by atoms with Crippen molar-refractivity contribution in [3.8, 4) is 5.75 Å². The van der Waals surface area contributed by atoms with Crippen LogP contribution in [0.25, 0.3) is 6.08 Å². The Morgan fingerprint density at radius 2 is 1.72 bits per heavy atom. The van der Waals surface area contributed by atoms with Crippen LogP contribution in [0, 0.1) is 5.82 Å². The molecular formula is C23H15BrFNO3. The molecule has 4 rings (SSSR count). The van der Waals surface area contributed by atoms with Gasteiger partial charge in [0.25, 0.3) is 0 Å². The van der Waals surface area contributed by atoms with Crippen molar-refractivity contribution in [1.82, 2.24) is 0 Å². The van der Waals surface area contributed by atoms with Crippen molar-refractivity contribution < 1.29 is 18.7 Å². The van der Waals surface area contributed by atoms with Crippen molar-refractivity contribution in [2.24, 2.45) is 4.99 Å². The maximum Gasteiger partial charge on any atom is 0.363 e. The van der Waals surface area contributed by atoms with Gasteiger partial charge in [-0.2, -0.15) is 0 Å². The molecule has 0 N–H and O–H groups in total. The highest BCUT2D eigenvalue weighted by molar-refractivity contribution is 9.10. The average molecular weight is 452 g/mol. The van der Waals surface area contributed by atoms with Gasteiger partial charge < -0.3 is 9.47 Å². The van der Waals surface area contributed by atoms with Gasteiger partial charge in [0.15, 0.2) is 5.70 Å². The van der Waals surface area contributed by atoms with Crippen molar-refractivity contribution in [2.45, 2.75) is 6.61 Å². The summed E-state index contributed by atoms with van der Waals surface area (Å²) >= 11 is 3.37. The van der Waals surface area contributed by atoms with Gasteiger partial charge in [0.1, 0.15) is 18.2 Å². The molecule has 0 radical (unpaired) electrons. The largest absolute Gasteiger partial charge is 0.489 e. The summed E-state index contributed by atoms with van der Waals surface area (Å²) in [6.07, 6.45) is 1.65. The van der Waals surface area contributed by atoms with E-state index in [1.807, 2.05) is 24.3 Å². The van der Waals surface area contributed by atoms with Crippen LogP contribution in [-0.2, 0) is 16.1 Å². The summed E-state index contributed by atoms with van der Waals surface area (Å²) in [5.74, 6) is 0.0814. The number of benzene rings is 3. The minimum atomic E-state index is -0.497. The summed E-state index contributed by atoms with van der Waals surface area (Å²) < 4.78 is 25.5. The van der Waals surface area contributed by atoms with Gasteiger partial charge in [0, 0.05) is 15.6 Å². The Morgan fingerprint density at radius 1 is 1.00 bits per heavy atom. The molecule has 1 aliphatic heterocycles. The fourth-order valence-corrected chi connectivity index (χ4v) is 2.98. The Morgan fingerprint density at radius 3 is 2.45 bits per heavy atom. The van der Waals surface area contributed by atoms with Crippen LogP contribution in [-0.4, -0.2) is 11.9 Å². The SMILES string of the molecule is O=C1OC(c2ccc(Br)cc2)=N/C1=C\c1ccc(OCc2ccccc2F)cc1. The molecule has 144 valence electrons. The van der Waals surface area contributed by atoms with Crippen LogP contribution in [0.3, 0.4) is 0 Å². The summed E-state index contributed by atoms with van der Waals surface area (Å²) in [4.78, 5) is 16.4. The van der Waals surface area contributed by atoms with E-state index in [9.17, 15) is 9.18 Å². The van der Waals surface area contributed by atoms with Crippen LogP contribution in [0.2, 0.25) is 0 Å². The zero-order chi connectivity index (χ0) is 20.2. The van der Waals surface area contributed by atoms with E-state index < -0.39 is 5.97 Å². The molecule has 1 heterocycles. The Balaban J connectivity index is 1.46. The number of hydrogen-bond acceptors (Lipinski definition) is 4. The van der Waals surface area contributed by atoms with Gasteiger partial charge in [0.05, 0.1) is 0 Å². The third-order valence-electron chi connectivity index (χ3n) is 4.25. The van der Waals surface area contributed by atoms with Crippen molar-refractivity contribution in [3.63, 3.8) is 0 Å². The maximum absolute atomic E-state index is 13.6. The fourth-order valence-electron chi connectivity index (χ4n) is 2.72. The molecule has 0 aliphatic carbocycles. The topological polar surface area (TPSA) is 47.9 Å². The summed E-state index contributed by atoms with van der Waals surface area (Å²) in [5.41, 5.74) is 2.21. The first kappa shape index (κ1) is 19.1. The predicted octanol–water partition coefficient (Wildman–Crippen LogP) is 5.51. The van der Waals surface area contributed by atoms with Gasteiger partial charge in [0.2, 0.25) is 5.90 Å². The number of ether oxygens (including phenoxy) is 2. The van der Waals surface area contributed by atoms with Crippen molar-refractivity contribution in [2.75, 3.05) is 0 Å². The van der Waals surface area contributed by atoms with Gasteiger partial charge in [-0.25, -0.2) is 14.2 Å². The molecule has 3 aromatic carbocycles. The monoisotopic (exact) mass is 451 g/mol. The van der Waals surface area contributed by atoms with Crippen LogP contribution < -0.4 is 4.74 Å². The van der Waals surface area contributed by atoms with E-state index in [1.165, 1.54) is 6.07 Å². The summed E-state index contributed by atoms with van der Waals surface area (Å²) in [7, 11) is 0. The molecule has 1 aliphatic rings. The van der Waals surface area contributed by atoms with Gasteiger partial charge in [-0.05, 0) is 54.1 Å². The number of aliphatic imine (C=N–C) groups is 1. The van der Waals surface area contributed by atoms with E-state index in [0.29, 0.717) is 11.3 Å². The number of esters is 1. The van der Waals surface area contributed by atoms with E-state index in [2.05, 4.69) is 20.9 Å². The molecule has 0 amide bonds. The number of halogens is 2. The minimum Gasteiger partial charge on any atom is -0.489 e. The zero-order valence-corrected chi connectivity index (χ0v) is 16.7. The van der Waals surface area contributed by atoms with Crippen LogP contribution in [0.15, 0.2) is 88.0 Å². The number of carbonyl (C=O) groups is 1. The second-order valence-electron chi connectivity index (χ2n) is 6.29. The number of carbonyl (C=O) groups excluding carboxylic acids is 1. The minimum absolute atomic E-state index is 0.139. The Labute approximate surface area is 175 Å². The lowest BCUT2D eigenvalue weighted by Crippen LogP contribution is -2.05. The Hall–Kier alpha value is -3.25. The van der Waals surface area contributed by atoms with Crippen LogP contribution in [0.5, 0.6) is 5.75 Å². The molecule has 0 fully saturated rings. The van der Waals surface area contributed by atoms with Gasteiger partial charge in [-0.3, -0.25) is 0 Å². The van der Waals surface area contributed by atoms with E-state index in [0.717, 1.165) is 15.6 Å². The number of hydrogen-bond donors (Lipinski definition) is 0. The molecule has 0 unspecified atom stereocenters. The molecule has 0 saturated heterocycles. The second kappa shape index (κ2) is 8.41. The average Bonchev–Trinajstić information content (AvgIpc) is 3.09. The number of nitrogens with zero attached hydrogens (tertiary/aromatic N) is 1. The molecule has 0 saturated carbocycles. The lowest BCUT2D eigenvalue weighted by Gasteiger charge is -2.07. The molecule has 29 heavy (non-hydrogen) atoms. The first-order valence-electron chi connectivity index (χ1n) is 8.83. The normalized spacial score (nSPS) is 14.6. The molecular weight excluding hydrogens is 437 g/mol. The quantitative estimate of drug-likeness (QED) is 0.379. The van der Waals surface area contributed by atoms with Crippen molar-refractivity contribution in [3.05, 3.63) is 105 Å². The zero-order valence-electron chi connectivity index (χ0n) is 15.1. The van der Waals surface area contributed by atoms with E-state index in [4.69, 9.17) is 9.47 Å². The van der Waals surface area contributed by atoms with E-state index in [-0.39, 0.29) is 24.0 Å². The second-order valence-corrected chi connectivity index (χ2v) is 7.21. The molecule has 6 heteroatoms. The first-order chi connectivity index (χ1) is 14.1. The smallest absolute Gasteiger partial charge is 0.363 e. The lowest BCUT2D eigenvalue weighted by atomic mass is 10.2. The van der Waals surface area contributed by atoms with Crippen molar-refractivity contribution >= 4 is 33.9 Å². The maximum atomic E-state index is 13.6.